The molecule has 5 aromatic rings. The average molecular weight is 781 g/mol. The summed E-state index contributed by atoms with van der Waals surface area (Å²) in [5.74, 6) is -1.43. The second kappa shape index (κ2) is 15.6. The Kier molecular flexibility index (Phi) is 11.2. The van der Waals surface area contributed by atoms with Gasteiger partial charge in [0.15, 0.2) is 0 Å². The minimum absolute atomic E-state index is 0.0212. The van der Waals surface area contributed by atoms with Crippen LogP contribution in [0, 0.1) is 25.2 Å². The number of carbonyl (C=O) groups is 1. The topological polar surface area (TPSA) is 81.6 Å². The number of carboxylic acids is 1. The molecule has 1 aliphatic heterocycles. The highest BCUT2D eigenvalue weighted by molar-refractivity contribution is 7.16. The minimum Gasteiger partial charge on any atom is -0.477 e. The number of aromatic nitrogens is 1. The Morgan fingerprint density at radius 1 is 0.825 bits per heavy atom. The summed E-state index contributed by atoms with van der Waals surface area (Å²) in [4.78, 5) is 20.5. The Morgan fingerprint density at radius 3 is 1.75 bits per heavy atom. The number of aliphatic carboxylic acids is 1. The quantitative estimate of drug-likeness (QED) is 0.0917. The number of rotatable bonds is 9. The summed E-state index contributed by atoms with van der Waals surface area (Å²) < 4.78 is 31.0. The van der Waals surface area contributed by atoms with Crippen LogP contribution in [0.15, 0.2) is 113 Å². The second-order valence-electron chi connectivity index (χ2n) is 16.5. The van der Waals surface area contributed by atoms with Crippen molar-refractivity contribution in [2.45, 2.75) is 80.1 Å². The van der Waals surface area contributed by atoms with Crippen LogP contribution < -0.4 is 4.90 Å². The van der Waals surface area contributed by atoms with Gasteiger partial charge in [-0.2, -0.15) is 5.26 Å². The van der Waals surface area contributed by atoms with E-state index < -0.39 is 18.9 Å². The summed E-state index contributed by atoms with van der Waals surface area (Å²) in [5.41, 5.74) is 9.78. The molecule has 6 rings (SSSR count). The second-order valence-corrected chi connectivity index (χ2v) is 17.6. The van der Waals surface area contributed by atoms with Gasteiger partial charge in [0.2, 0.25) is 0 Å². The molecule has 1 aliphatic rings. The maximum atomic E-state index is 15.0. The zero-order valence-corrected chi connectivity index (χ0v) is 34.9. The van der Waals surface area contributed by atoms with Crippen LogP contribution in [0.5, 0.6) is 0 Å². The number of aliphatic imine (C=N–C) groups is 1. The first-order valence-corrected chi connectivity index (χ1v) is 19.7. The third-order valence-electron chi connectivity index (χ3n) is 10.4. The van der Waals surface area contributed by atoms with Crippen molar-refractivity contribution in [1.29, 1.82) is 5.26 Å². The molecule has 1 N–H and O–H groups in total. The Labute approximate surface area is 339 Å². The number of anilines is 3. The van der Waals surface area contributed by atoms with Crippen molar-refractivity contribution >= 4 is 59.1 Å². The summed E-state index contributed by atoms with van der Waals surface area (Å²) in [5, 5.41) is 19.1. The third kappa shape index (κ3) is 8.21. The van der Waals surface area contributed by atoms with Gasteiger partial charge in [0.05, 0.1) is 5.70 Å². The van der Waals surface area contributed by atoms with Crippen molar-refractivity contribution in [1.82, 2.24) is 4.48 Å². The fourth-order valence-electron chi connectivity index (χ4n) is 7.28. The highest BCUT2D eigenvalue weighted by Crippen LogP contribution is 2.44. The number of nitriles is 1. The van der Waals surface area contributed by atoms with Gasteiger partial charge in [0.25, 0.3) is 0 Å². The number of halogens is 2. The van der Waals surface area contributed by atoms with Crippen molar-refractivity contribution in [3.05, 3.63) is 146 Å². The molecular formula is C47H47BF2N4O2S. The molecule has 0 amide bonds. The summed E-state index contributed by atoms with van der Waals surface area (Å²) >= 11 is 1.47. The van der Waals surface area contributed by atoms with Gasteiger partial charge in [-0.3, -0.25) is 13.6 Å². The Hall–Kier alpha value is -5.79. The SMILES string of the molecule is CC1=CC(C)=N/C1=C(/c1ccc(-c2ccc(N(c3ccc(C(C)(C)C)cc3)c3ccc(C(C)(C)C)cc3)cc2)s1)c1c(C)c(/C=C(\C#N)C(=O)O)c(C)n1B(F)F. The first-order valence-electron chi connectivity index (χ1n) is 18.8. The van der Waals surface area contributed by atoms with Gasteiger partial charge in [-0.05, 0) is 133 Å². The molecule has 3 heterocycles. The lowest BCUT2D eigenvalue weighted by Gasteiger charge is -2.28. The molecule has 0 unspecified atom stereocenters. The first kappa shape index (κ1) is 40.9. The molecule has 2 aromatic heterocycles. The number of carboxylic acid groups (broad SMARTS) is 1. The van der Waals surface area contributed by atoms with E-state index in [1.807, 2.05) is 32.1 Å². The van der Waals surface area contributed by atoms with Crippen LogP contribution >= 0.6 is 11.3 Å². The zero-order chi connectivity index (χ0) is 41.6. The molecule has 57 heavy (non-hydrogen) atoms. The monoisotopic (exact) mass is 780 g/mol. The summed E-state index contributed by atoms with van der Waals surface area (Å²) in [6, 6.07) is 31.4. The number of benzene rings is 3. The van der Waals surface area contributed by atoms with Crippen molar-refractivity contribution < 1.29 is 18.5 Å². The molecule has 290 valence electrons. The highest BCUT2D eigenvalue weighted by atomic mass is 32.1. The number of thiophene rings is 1. The van der Waals surface area contributed by atoms with Crippen LogP contribution in [0.25, 0.3) is 22.1 Å². The van der Waals surface area contributed by atoms with Crippen LogP contribution in [0.4, 0.5) is 25.7 Å². The normalized spacial score (nSPS) is 14.3. The number of hydrogen-bond donors (Lipinski definition) is 1. The van der Waals surface area contributed by atoms with E-state index in [0.717, 1.165) is 48.1 Å². The molecule has 0 saturated heterocycles. The van der Waals surface area contributed by atoms with Crippen LogP contribution in [-0.2, 0) is 15.6 Å². The molecule has 6 nitrogen and oxygen atoms in total. The van der Waals surface area contributed by atoms with Crippen molar-refractivity contribution in [3.8, 4) is 16.5 Å². The van der Waals surface area contributed by atoms with Crippen molar-refractivity contribution in [3.63, 3.8) is 0 Å². The largest absolute Gasteiger partial charge is 0.677 e. The molecule has 0 saturated carbocycles. The van der Waals surface area contributed by atoms with E-state index in [2.05, 4.69) is 119 Å². The Bertz CT molecular complexity index is 2460. The Balaban J connectivity index is 1.45. The van der Waals surface area contributed by atoms with Gasteiger partial charge >= 0.3 is 13.4 Å². The van der Waals surface area contributed by atoms with Gasteiger partial charge in [-0.1, -0.05) is 77.9 Å². The van der Waals surface area contributed by atoms with Gasteiger partial charge in [0.1, 0.15) is 11.6 Å². The minimum atomic E-state index is -2.94. The number of nitrogens with zero attached hydrogens (tertiary/aromatic N) is 4. The van der Waals surface area contributed by atoms with Crippen LogP contribution in [-0.4, -0.2) is 28.7 Å². The van der Waals surface area contributed by atoms with E-state index in [9.17, 15) is 15.2 Å². The van der Waals surface area contributed by atoms with E-state index in [1.54, 1.807) is 13.0 Å². The van der Waals surface area contributed by atoms with Gasteiger partial charge < -0.3 is 14.5 Å². The number of hydrogen-bond acceptors (Lipinski definition) is 5. The van der Waals surface area contributed by atoms with E-state index in [0.29, 0.717) is 16.8 Å². The lowest BCUT2D eigenvalue weighted by atomic mass is 9.86. The van der Waals surface area contributed by atoms with Gasteiger partial charge in [-0.25, -0.2) is 4.79 Å². The molecule has 0 radical (unpaired) electrons. The zero-order valence-electron chi connectivity index (χ0n) is 34.1. The smallest absolute Gasteiger partial charge is 0.477 e. The maximum absolute atomic E-state index is 15.0. The summed E-state index contributed by atoms with van der Waals surface area (Å²) in [7, 11) is -2.94. The molecule has 3 aromatic carbocycles. The van der Waals surface area contributed by atoms with Crippen molar-refractivity contribution in [2.75, 3.05) is 4.90 Å². The summed E-state index contributed by atoms with van der Waals surface area (Å²) in [6.07, 6.45) is 3.09. The molecule has 10 heteroatoms. The fraction of sp³-hybridized carbons (Fsp3) is 0.255. The van der Waals surface area contributed by atoms with Crippen LogP contribution in [0.2, 0.25) is 0 Å². The van der Waals surface area contributed by atoms with Gasteiger partial charge in [0, 0.05) is 49.5 Å². The van der Waals surface area contributed by atoms with E-state index in [-0.39, 0.29) is 27.8 Å². The maximum Gasteiger partial charge on any atom is 0.677 e. The van der Waals surface area contributed by atoms with E-state index in [1.165, 1.54) is 35.5 Å². The van der Waals surface area contributed by atoms with E-state index in [4.69, 9.17) is 4.99 Å². The predicted molar refractivity (Wildman–Crippen MR) is 233 cm³/mol. The fourth-order valence-corrected chi connectivity index (χ4v) is 8.33. The van der Waals surface area contributed by atoms with Crippen LogP contribution in [0.3, 0.4) is 0 Å². The third-order valence-corrected chi connectivity index (χ3v) is 11.5. The van der Waals surface area contributed by atoms with E-state index >= 15 is 8.63 Å². The number of allylic oxidation sites excluding steroid dienone is 2. The molecule has 0 atom stereocenters. The van der Waals surface area contributed by atoms with Gasteiger partial charge in [-0.15, -0.1) is 11.3 Å². The lowest BCUT2D eigenvalue weighted by Crippen LogP contribution is -2.18. The molecule has 0 fully saturated rings. The lowest BCUT2D eigenvalue weighted by molar-refractivity contribution is -0.132. The standard InChI is InChI=1S/C47H47BF2N4O2S/c1-28-25-29(2)52-43(28)42(44-30(3)39(26-33(27-51)45(55)56)31(4)54(44)48(49)50)41-24-23-40(57-41)32-11-17-36(18-12-32)53(37-19-13-34(14-20-37)46(5,6)7)38-21-15-35(16-22-38)47(8,9)10/h11-26H,1-10H3,(H,55,56)/b33-26+,43-42-. The summed E-state index contributed by atoms with van der Waals surface area (Å²) in [6.45, 7) is 20.2. The predicted octanol–water partition coefficient (Wildman–Crippen LogP) is 12.8. The molecule has 0 bridgehead atoms. The van der Waals surface area contributed by atoms with Crippen LogP contribution in [0.1, 0.15) is 93.9 Å². The highest BCUT2D eigenvalue weighted by Gasteiger charge is 2.32. The molecule has 0 spiro atoms. The molecular weight excluding hydrogens is 733 g/mol. The Morgan fingerprint density at radius 2 is 1.33 bits per heavy atom. The van der Waals surface area contributed by atoms with Crippen molar-refractivity contribution in [2.24, 2.45) is 4.99 Å². The average Bonchev–Trinajstić information content (AvgIpc) is 3.83. The first-order chi connectivity index (χ1) is 26.8. The molecule has 0 aliphatic carbocycles.